The van der Waals surface area contributed by atoms with E-state index in [0.717, 1.165) is 40.5 Å². The molecule has 0 aliphatic heterocycles. The van der Waals surface area contributed by atoms with Crippen molar-refractivity contribution in [1.82, 2.24) is 4.72 Å². The summed E-state index contributed by atoms with van der Waals surface area (Å²) in [5.41, 5.74) is -0.629. The SMILES string of the molecule is CCc1ccc(S(=O)(=O)NCC(O)c2ccc(C(F)(F)F)cc2)s1. The third-order valence-electron chi connectivity index (χ3n) is 3.34. The van der Waals surface area contributed by atoms with Gasteiger partial charge in [0, 0.05) is 11.4 Å². The van der Waals surface area contributed by atoms with E-state index in [-0.39, 0.29) is 16.3 Å². The molecule has 9 heteroatoms. The summed E-state index contributed by atoms with van der Waals surface area (Å²) in [7, 11) is -3.76. The maximum atomic E-state index is 12.5. The summed E-state index contributed by atoms with van der Waals surface area (Å²) in [4.78, 5) is 0.915. The number of benzene rings is 1. The molecule has 1 aromatic heterocycles. The summed E-state index contributed by atoms with van der Waals surface area (Å²) in [5, 5.41) is 9.97. The van der Waals surface area contributed by atoms with E-state index in [9.17, 15) is 26.7 Å². The van der Waals surface area contributed by atoms with Crippen LogP contribution in [0.3, 0.4) is 0 Å². The highest BCUT2D eigenvalue weighted by Gasteiger charge is 2.30. The van der Waals surface area contributed by atoms with E-state index < -0.39 is 27.9 Å². The molecule has 0 saturated heterocycles. The lowest BCUT2D eigenvalue weighted by Gasteiger charge is -2.13. The Morgan fingerprint density at radius 3 is 2.29 bits per heavy atom. The molecule has 0 aliphatic carbocycles. The molecule has 1 atom stereocenters. The zero-order valence-electron chi connectivity index (χ0n) is 12.7. The molecule has 0 aliphatic rings. The van der Waals surface area contributed by atoms with Crippen molar-refractivity contribution in [1.29, 1.82) is 0 Å². The standard InChI is InChI=1S/C15H16F3NO3S2/c1-2-12-7-8-14(23-12)24(21,22)19-9-13(20)10-3-5-11(6-4-10)15(16,17)18/h3-8,13,19-20H,2,9H2,1H3. The summed E-state index contributed by atoms with van der Waals surface area (Å²) in [6, 6.07) is 7.14. The molecule has 24 heavy (non-hydrogen) atoms. The van der Waals surface area contributed by atoms with E-state index in [2.05, 4.69) is 4.72 Å². The number of sulfonamides is 1. The molecule has 0 bridgehead atoms. The summed E-state index contributed by atoms with van der Waals surface area (Å²) in [5.74, 6) is 0. The molecule has 2 rings (SSSR count). The van der Waals surface area contributed by atoms with Gasteiger partial charge in [0.1, 0.15) is 4.21 Å². The van der Waals surface area contributed by atoms with E-state index in [4.69, 9.17) is 0 Å². The van der Waals surface area contributed by atoms with Crippen LogP contribution in [0.5, 0.6) is 0 Å². The molecular weight excluding hydrogens is 363 g/mol. The Bertz CT molecular complexity index is 783. The number of aryl methyl sites for hydroxylation is 1. The molecule has 4 nitrogen and oxygen atoms in total. The molecule has 0 fully saturated rings. The Labute approximate surface area is 142 Å². The van der Waals surface area contributed by atoms with Crippen molar-refractivity contribution in [3.63, 3.8) is 0 Å². The smallest absolute Gasteiger partial charge is 0.387 e. The first kappa shape index (κ1) is 18.9. The lowest BCUT2D eigenvalue weighted by atomic mass is 10.1. The van der Waals surface area contributed by atoms with Crippen molar-refractivity contribution in [2.45, 2.75) is 29.8 Å². The van der Waals surface area contributed by atoms with Crippen LogP contribution in [0.25, 0.3) is 0 Å². The predicted octanol–water partition coefficient (Wildman–Crippen LogP) is 3.34. The number of aliphatic hydroxyl groups excluding tert-OH is 1. The minimum atomic E-state index is -4.46. The van der Waals surface area contributed by atoms with E-state index in [0.29, 0.717) is 6.42 Å². The lowest BCUT2D eigenvalue weighted by Crippen LogP contribution is -2.28. The molecule has 2 aromatic rings. The van der Waals surface area contributed by atoms with E-state index in [1.54, 1.807) is 6.07 Å². The summed E-state index contributed by atoms with van der Waals surface area (Å²) >= 11 is 1.13. The van der Waals surface area contributed by atoms with Crippen molar-refractivity contribution < 1.29 is 26.7 Å². The van der Waals surface area contributed by atoms with Crippen LogP contribution in [-0.2, 0) is 22.6 Å². The van der Waals surface area contributed by atoms with Gasteiger partial charge >= 0.3 is 6.18 Å². The molecule has 0 amide bonds. The zero-order chi connectivity index (χ0) is 18.0. The molecule has 1 unspecified atom stereocenters. The van der Waals surface area contributed by atoms with Crippen LogP contribution < -0.4 is 4.72 Å². The number of nitrogens with one attached hydrogen (secondary N) is 1. The first-order valence-electron chi connectivity index (χ1n) is 7.07. The second kappa shape index (κ2) is 7.22. The van der Waals surface area contributed by atoms with Crippen LogP contribution in [0.15, 0.2) is 40.6 Å². The number of hydrogen-bond acceptors (Lipinski definition) is 4. The van der Waals surface area contributed by atoms with Crippen molar-refractivity contribution >= 4 is 21.4 Å². The average Bonchev–Trinajstić information content (AvgIpc) is 3.02. The minimum absolute atomic E-state index is 0.138. The van der Waals surface area contributed by atoms with Gasteiger partial charge in [-0.15, -0.1) is 11.3 Å². The van der Waals surface area contributed by atoms with Gasteiger partial charge in [-0.3, -0.25) is 0 Å². The number of thiophene rings is 1. The zero-order valence-corrected chi connectivity index (χ0v) is 14.3. The Balaban J connectivity index is 2.03. The Hall–Kier alpha value is -1.42. The van der Waals surface area contributed by atoms with E-state index in [1.807, 2.05) is 6.92 Å². The molecule has 2 N–H and O–H groups in total. The van der Waals surface area contributed by atoms with Crippen molar-refractivity contribution in [3.8, 4) is 0 Å². The summed E-state index contributed by atoms with van der Waals surface area (Å²) in [6.07, 6.45) is -4.98. The van der Waals surface area contributed by atoms with Gasteiger partial charge in [-0.2, -0.15) is 13.2 Å². The fraction of sp³-hybridized carbons (Fsp3) is 0.333. The second-order valence-corrected chi connectivity index (χ2v) is 8.22. The van der Waals surface area contributed by atoms with Crippen LogP contribution in [-0.4, -0.2) is 20.1 Å². The quantitative estimate of drug-likeness (QED) is 0.809. The highest BCUT2D eigenvalue weighted by atomic mass is 32.2. The molecular formula is C15H16F3NO3S2. The van der Waals surface area contributed by atoms with Gasteiger partial charge in [0.15, 0.2) is 0 Å². The van der Waals surface area contributed by atoms with E-state index >= 15 is 0 Å². The highest BCUT2D eigenvalue weighted by Crippen LogP contribution is 2.30. The summed E-state index contributed by atoms with van der Waals surface area (Å²) in [6.45, 7) is 1.58. The molecule has 0 radical (unpaired) electrons. The largest absolute Gasteiger partial charge is 0.416 e. The number of hydrogen-bond donors (Lipinski definition) is 2. The number of aliphatic hydroxyl groups is 1. The van der Waals surface area contributed by atoms with Gasteiger partial charge in [-0.25, -0.2) is 13.1 Å². The third-order valence-corrected chi connectivity index (χ3v) is 6.48. The third kappa shape index (κ3) is 4.56. The second-order valence-electron chi connectivity index (χ2n) is 5.06. The van der Waals surface area contributed by atoms with Crippen LogP contribution >= 0.6 is 11.3 Å². The van der Waals surface area contributed by atoms with E-state index in [1.165, 1.54) is 6.07 Å². The highest BCUT2D eigenvalue weighted by molar-refractivity contribution is 7.91. The maximum Gasteiger partial charge on any atom is 0.416 e. The van der Waals surface area contributed by atoms with Gasteiger partial charge < -0.3 is 5.11 Å². The van der Waals surface area contributed by atoms with Crippen LogP contribution in [0.1, 0.15) is 29.0 Å². The van der Waals surface area contributed by atoms with Crippen molar-refractivity contribution in [2.24, 2.45) is 0 Å². The Kier molecular flexibility index (Phi) is 5.69. The molecule has 132 valence electrons. The van der Waals surface area contributed by atoms with Gasteiger partial charge in [-0.05, 0) is 36.2 Å². The fourth-order valence-corrected chi connectivity index (χ4v) is 4.34. The van der Waals surface area contributed by atoms with Gasteiger partial charge in [-0.1, -0.05) is 19.1 Å². The van der Waals surface area contributed by atoms with Gasteiger partial charge in [0.25, 0.3) is 0 Å². The van der Waals surface area contributed by atoms with Crippen LogP contribution in [0.2, 0.25) is 0 Å². The number of rotatable bonds is 6. The number of alkyl halides is 3. The average molecular weight is 379 g/mol. The monoisotopic (exact) mass is 379 g/mol. The first-order valence-corrected chi connectivity index (χ1v) is 9.37. The minimum Gasteiger partial charge on any atom is -0.387 e. The summed E-state index contributed by atoms with van der Waals surface area (Å²) < 4.78 is 64.1. The fourth-order valence-electron chi connectivity index (χ4n) is 1.96. The molecule has 1 heterocycles. The van der Waals surface area contributed by atoms with Crippen LogP contribution in [0.4, 0.5) is 13.2 Å². The molecule has 1 aromatic carbocycles. The first-order chi connectivity index (χ1) is 11.1. The topological polar surface area (TPSA) is 66.4 Å². The normalized spacial score (nSPS) is 13.9. The van der Waals surface area contributed by atoms with Crippen molar-refractivity contribution in [2.75, 3.05) is 6.54 Å². The molecule has 0 saturated carbocycles. The van der Waals surface area contributed by atoms with Crippen molar-refractivity contribution in [3.05, 3.63) is 52.4 Å². The molecule has 0 spiro atoms. The Morgan fingerprint density at radius 1 is 1.17 bits per heavy atom. The maximum absolute atomic E-state index is 12.5. The number of halogens is 3. The lowest BCUT2D eigenvalue weighted by molar-refractivity contribution is -0.137. The predicted molar refractivity (Wildman–Crippen MR) is 85.3 cm³/mol. The van der Waals surface area contributed by atoms with Gasteiger partial charge in [0.2, 0.25) is 10.0 Å². The Morgan fingerprint density at radius 2 is 1.79 bits per heavy atom. The van der Waals surface area contributed by atoms with Gasteiger partial charge in [0.05, 0.1) is 11.7 Å². The van der Waals surface area contributed by atoms with Crippen LogP contribution in [0, 0.1) is 0 Å².